The molecule has 1 aromatic carbocycles. The lowest BCUT2D eigenvalue weighted by Gasteiger charge is -2.13. The van der Waals surface area contributed by atoms with Crippen LogP contribution in [0.25, 0.3) is 0 Å². The summed E-state index contributed by atoms with van der Waals surface area (Å²) in [6.07, 6.45) is -4.44. The molecule has 0 aliphatic carbocycles. The molecule has 0 aliphatic heterocycles. The van der Waals surface area contributed by atoms with Crippen molar-refractivity contribution in [3.8, 4) is 0 Å². The van der Waals surface area contributed by atoms with Crippen LogP contribution >= 0.6 is 43.5 Å². The number of alkyl halides is 4. The van der Waals surface area contributed by atoms with Crippen LogP contribution in [0, 0.1) is 0 Å². The minimum absolute atomic E-state index is 0.0419. The molecular formula is C8H4Br2ClF3. The summed E-state index contributed by atoms with van der Waals surface area (Å²) >= 11 is 11.5. The Hall–Kier alpha value is 0.260. The Bertz CT molecular complexity index is 349. The van der Waals surface area contributed by atoms with E-state index in [2.05, 4.69) is 31.9 Å². The van der Waals surface area contributed by atoms with E-state index in [0.717, 1.165) is 0 Å². The van der Waals surface area contributed by atoms with Gasteiger partial charge in [-0.3, -0.25) is 0 Å². The number of hydrogen-bond acceptors (Lipinski definition) is 0. The van der Waals surface area contributed by atoms with Gasteiger partial charge in [-0.05, 0) is 11.6 Å². The highest BCUT2D eigenvalue weighted by molar-refractivity contribution is 9.10. The molecule has 0 heterocycles. The van der Waals surface area contributed by atoms with Crippen molar-refractivity contribution in [1.29, 1.82) is 0 Å². The fraction of sp³-hybridized carbons (Fsp3) is 0.250. The monoisotopic (exact) mass is 350 g/mol. The van der Waals surface area contributed by atoms with Gasteiger partial charge in [0.25, 0.3) is 0 Å². The molecule has 6 heteroatoms. The molecule has 78 valence electrons. The van der Waals surface area contributed by atoms with Gasteiger partial charge in [-0.25, -0.2) is 0 Å². The molecular weight excluding hydrogens is 348 g/mol. The molecule has 1 aromatic rings. The molecule has 0 radical (unpaired) electrons. The zero-order valence-electron chi connectivity index (χ0n) is 6.63. The van der Waals surface area contributed by atoms with E-state index in [1.54, 1.807) is 0 Å². The molecule has 0 amide bonds. The van der Waals surface area contributed by atoms with Crippen LogP contribution in [0.2, 0.25) is 5.02 Å². The van der Waals surface area contributed by atoms with Gasteiger partial charge in [0.1, 0.15) is 0 Å². The highest BCUT2D eigenvalue weighted by atomic mass is 79.9. The molecule has 0 nitrogen and oxygen atoms in total. The van der Waals surface area contributed by atoms with Crippen LogP contribution in [0.3, 0.4) is 0 Å². The van der Waals surface area contributed by atoms with Crippen LogP contribution in [0.15, 0.2) is 16.6 Å². The highest BCUT2D eigenvalue weighted by Gasteiger charge is 2.36. The first kappa shape index (κ1) is 12.3. The Morgan fingerprint density at radius 2 is 1.86 bits per heavy atom. The summed E-state index contributed by atoms with van der Waals surface area (Å²) in [4.78, 5) is 0. The summed E-state index contributed by atoms with van der Waals surface area (Å²) in [5.74, 6) is 0. The van der Waals surface area contributed by atoms with Crippen LogP contribution in [0.5, 0.6) is 0 Å². The number of rotatable bonds is 1. The highest BCUT2D eigenvalue weighted by Crippen LogP contribution is 2.41. The number of hydrogen-bond donors (Lipinski definition) is 0. The zero-order chi connectivity index (χ0) is 10.9. The van der Waals surface area contributed by atoms with E-state index in [0.29, 0.717) is 10.9 Å². The number of halogens is 6. The second-order valence-electron chi connectivity index (χ2n) is 2.53. The largest absolute Gasteiger partial charge is 0.418 e. The van der Waals surface area contributed by atoms with E-state index in [-0.39, 0.29) is 9.50 Å². The van der Waals surface area contributed by atoms with Crippen LogP contribution in [-0.2, 0) is 11.5 Å². The molecule has 0 saturated heterocycles. The van der Waals surface area contributed by atoms with Crippen molar-refractivity contribution >= 4 is 43.5 Å². The molecule has 0 fully saturated rings. The standard InChI is InChI=1S/C8H4Br2ClF3/c9-3-4-1-2-5(10)6(7(4)11)8(12,13)14/h1-2H,3H2. The lowest BCUT2D eigenvalue weighted by atomic mass is 10.1. The average molecular weight is 352 g/mol. The SMILES string of the molecule is FC(F)(F)c1c(Br)ccc(CBr)c1Cl. The van der Waals surface area contributed by atoms with Crippen molar-refractivity contribution < 1.29 is 13.2 Å². The first-order valence-electron chi connectivity index (χ1n) is 3.48. The molecule has 0 aliphatic rings. The van der Waals surface area contributed by atoms with Crippen LogP contribution in [0.1, 0.15) is 11.1 Å². The second kappa shape index (κ2) is 4.41. The Balaban J connectivity index is 3.40. The fourth-order valence-corrected chi connectivity index (χ4v) is 2.60. The molecule has 0 N–H and O–H groups in total. The van der Waals surface area contributed by atoms with Crippen LogP contribution in [-0.4, -0.2) is 0 Å². The molecule has 0 saturated carbocycles. The maximum absolute atomic E-state index is 12.5. The van der Waals surface area contributed by atoms with Crippen molar-refractivity contribution in [2.24, 2.45) is 0 Å². The third kappa shape index (κ3) is 2.44. The summed E-state index contributed by atoms with van der Waals surface area (Å²) in [6.45, 7) is 0. The lowest BCUT2D eigenvalue weighted by molar-refractivity contribution is -0.138. The Morgan fingerprint density at radius 1 is 1.29 bits per heavy atom. The van der Waals surface area contributed by atoms with Crippen LogP contribution in [0.4, 0.5) is 13.2 Å². The minimum atomic E-state index is -4.44. The lowest BCUT2D eigenvalue weighted by Crippen LogP contribution is -2.08. The predicted octanol–water partition coefficient (Wildman–Crippen LogP) is 5.02. The van der Waals surface area contributed by atoms with Crippen molar-refractivity contribution in [1.82, 2.24) is 0 Å². The predicted molar refractivity (Wildman–Crippen MR) is 56.8 cm³/mol. The minimum Gasteiger partial charge on any atom is -0.166 e. The van der Waals surface area contributed by atoms with Crippen molar-refractivity contribution in [3.05, 3.63) is 32.8 Å². The van der Waals surface area contributed by atoms with Gasteiger partial charge in [-0.15, -0.1) is 0 Å². The van der Waals surface area contributed by atoms with Crippen molar-refractivity contribution in [2.45, 2.75) is 11.5 Å². The van der Waals surface area contributed by atoms with Gasteiger partial charge in [0.05, 0.1) is 10.6 Å². The smallest absolute Gasteiger partial charge is 0.166 e. The summed E-state index contributed by atoms with van der Waals surface area (Å²) in [5.41, 5.74) is -0.404. The van der Waals surface area contributed by atoms with E-state index in [1.807, 2.05) is 0 Å². The van der Waals surface area contributed by atoms with Crippen LogP contribution < -0.4 is 0 Å². The zero-order valence-corrected chi connectivity index (χ0v) is 10.6. The molecule has 0 unspecified atom stereocenters. The summed E-state index contributed by atoms with van der Waals surface area (Å²) in [6, 6.07) is 2.88. The third-order valence-corrected chi connectivity index (χ3v) is 3.30. The summed E-state index contributed by atoms with van der Waals surface area (Å²) < 4.78 is 37.4. The normalized spacial score (nSPS) is 11.9. The van der Waals surface area contributed by atoms with E-state index in [1.165, 1.54) is 12.1 Å². The van der Waals surface area contributed by atoms with E-state index < -0.39 is 11.7 Å². The first-order valence-corrected chi connectivity index (χ1v) is 5.77. The average Bonchev–Trinajstić information content (AvgIpc) is 2.02. The van der Waals surface area contributed by atoms with Gasteiger partial charge >= 0.3 is 6.18 Å². The van der Waals surface area contributed by atoms with E-state index >= 15 is 0 Å². The van der Waals surface area contributed by atoms with E-state index in [4.69, 9.17) is 11.6 Å². The molecule has 0 spiro atoms. The maximum Gasteiger partial charge on any atom is 0.418 e. The van der Waals surface area contributed by atoms with Gasteiger partial charge in [0.15, 0.2) is 0 Å². The van der Waals surface area contributed by atoms with Crippen molar-refractivity contribution in [3.63, 3.8) is 0 Å². The fourth-order valence-electron chi connectivity index (χ4n) is 0.959. The van der Waals surface area contributed by atoms with Gasteiger partial charge in [-0.1, -0.05) is 49.5 Å². The third-order valence-electron chi connectivity index (χ3n) is 1.60. The molecule has 14 heavy (non-hydrogen) atoms. The summed E-state index contributed by atoms with van der Waals surface area (Å²) in [5, 5.41) is 0.0334. The second-order valence-corrected chi connectivity index (χ2v) is 4.32. The molecule has 0 bridgehead atoms. The topological polar surface area (TPSA) is 0 Å². The number of benzene rings is 1. The maximum atomic E-state index is 12.5. The molecule has 1 rings (SSSR count). The summed E-state index contributed by atoms with van der Waals surface area (Å²) in [7, 11) is 0. The molecule has 0 atom stereocenters. The Morgan fingerprint density at radius 3 is 2.29 bits per heavy atom. The van der Waals surface area contributed by atoms with Gasteiger partial charge < -0.3 is 0 Å². The Labute approximate surface area is 101 Å². The Kier molecular flexibility index (Phi) is 3.88. The van der Waals surface area contributed by atoms with E-state index in [9.17, 15) is 13.2 Å². The van der Waals surface area contributed by atoms with Gasteiger partial charge in [0.2, 0.25) is 0 Å². The first-order chi connectivity index (χ1) is 6.38. The van der Waals surface area contributed by atoms with Gasteiger partial charge in [0, 0.05) is 9.80 Å². The van der Waals surface area contributed by atoms with Gasteiger partial charge in [-0.2, -0.15) is 13.2 Å². The molecule has 0 aromatic heterocycles. The quantitative estimate of drug-likeness (QED) is 0.623. The van der Waals surface area contributed by atoms with Crippen molar-refractivity contribution in [2.75, 3.05) is 0 Å².